The number of methoxy groups -OCH3 is 1. The molecule has 2 aromatic rings. The van der Waals surface area contributed by atoms with Crippen molar-refractivity contribution in [3.63, 3.8) is 0 Å². The van der Waals surface area contributed by atoms with Crippen LogP contribution < -0.4 is 15.8 Å². The second-order valence-corrected chi connectivity index (χ2v) is 4.59. The van der Waals surface area contributed by atoms with Crippen LogP contribution in [0.3, 0.4) is 0 Å². The van der Waals surface area contributed by atoms with Gasteiger partial charge >= 0.3 is 0 Å². The predicted octanol–water partition coefficient (Wildman–Crippen LogP) is 2.42. The molecular weight excluding hydrogens is 256 g/mol. The molecule has 0 radical (unpaired) electrons. The average molecular weight is 274 g/mol. The molecule has 0 unspecified atom stereocenters. The molecule has 2 rings (SSSR count). The first-order valence-electron chi connectivity index (χ1n) is 6.29. The van der Waals surface area contributed by atoms with Crippen molar-refractivity contribution >= 4 is 11.6 Å². The minimum absolute atomic E-state index is 0.159. The highest BCUT2D eigenvalue weighted by Crippen LogP contribution is 2.22. The summed E-state index contributed by atoms with van der Waals surface area (Å²) < 4.78 is 10.4. The molecule has 5 heteroatoms. The van der Waals surface area contributed by atoms with Gasteiger partial charge in [-0.1, -0.05) is 6.07 Å². The number of ether oxygens (including phenoxy) is 1. The molecule has 106 valence electrons. The fourth-order valence-corrected chi connectivity index (χ4v) is 2.03. The van der Waals surface area contributed by atoms with Crippen molar-refractivity contribution in [3.8, 4) is 5.75 Å². The topological polar surface area (TPSA) is 77.5 Å². The van der Waals surface area contributed by atoms with Crippen molar-refractivity contribution in [2.75, 3.05) is 12.8 Å². The maximum Gasteiger partial charge on any atom is 0.255 e. The van der Waals surface area contributed by atoms with Crippen molar-refractivity contribution in [2.45, 2.75) is 20.4 Å². The lowest BCUT2D eigenvalue weighted by Gasteiger charge is -2.08. The van der Waals surface area contributed by atoms with E-state index in [1.807, 2.05) is 13.0 Å². The molecule has 0 aliphatic rings. The Morgan fingerprint density at radius 3 is 2.65 bits per heavy atom. The Kier molecular flexibility index (Phi) is 3.98. The maximum atomic E-state index is 12.0. The van der Waals surface area contributed by atoms with Crippen molar-refractivity contribution in [1.29, 1.82) is 0 Å². The van der Waals surface area contributed by atoms with E-state index in [1.165, 1.54) is 0 Å². The summed E-state index contributed by atoms with van der Waals surface area (Å²) in [5.74, 6) is 1.81. The summed E-state index contributed by atoms with van der Waals surface area (Å²) in [5, 5.41) is 2.84. The maximum absolute atomic E-state index is 12.0. The van der Waals surface area contributed by atoms with Gasteiger partial charge in [-0.3, -0.25) is 4.79 Å². The van der Waals surface area contributed by atoms with Crippen molar-refractivity contribution in [2.24, 2.45) is 0 Å². The number of hydrogen-bond acceptors (Lipinski definition) is 4. The van der Waals surface area contributed by atoms with Crippen LogP contribution in [0.1, 0.15) is 27.4 Å². The summed E-state index contributed by atoms with van der Waals surface area (Å²) in [6.45, 7) is 3.98. The quantitative estimate of drug-likeness (QED) is 0.839. The fraction of sp³-hybridized carbons (Fsp3) is 0.267. The lowest BCUT2D eigenvalue weighted by atomic mass is 10.1. The number of benzene rings is 1. The zero-order valence-electron chi connectivity index (χ0n) is 11.8. The van der Waals surface area contributed by atoms with Gasteiger partial charge < -0.3 is 20.2 Å². The molecule has 0 saturated carbocycles. The van der Waals surface area contributed by atoms with Gasteiger partial charge in [-0.05, 0) is 37.6 Å². The number of hydrogen-bond donors (Lipinski definition) is 2. The van der Waals surface area contributed by atoms with Crippen LogP contribution in [0.25, 0.3) is 0 Å². The van der Waals surface area contributed by atoms with Crippen LogP contribution in [-0.2, 0) is 6.54 Å². The molecule has 0 aliphatic carbocycles. The molecule has 0 bridgehead atoms. The molecule has 0 atom stereocenters. The Morgan fingerprint density at radius 1 is 1.35 bits per heavy atom. The zero-order chi connectivity index (χ0) is 14.7. The van der Waals surface area contributed by atoms with Gasteiger partial charge in [0.25, 0.3) is 5.91 Å². The SMILES string of the molecule is COc1ccc(CNC(=O)c2cc(C)oc2C)cc1N. The summed E-state index contributed by atoms with van der Waals surface area (Å²) >= 11 is 0. The van der Waals surface area contributed by atoms with E-state index >= 15 is 0 Å². The summed E-state index contributed by atoms with van der Waals surface area (Å²) in [6, 6.07) is 7.16. The van der Waals surface area contributed by atoms with E-state index in [2.05, 4.69) is 5.32 Å². The van der Waals surface area contributed by atoms with Gasteiger partial charge in [0.05, 0.1) is 18.4 Å². The largest absolute Gasteiger partial charge is 0.495 e. The van der Waals surface area contributed by atoms with E-state index in [4.69, 9.17) is 14.9 Å². The Bertz CT molecular complexity index is 632. The zero-order valence-corrected chi connectivity index (χ0v) is 11.8. The third-order valence-electron chi connectivity index (χ3n) is 3.03. The fourth-order valence-electron chi connectivity index (χ4n) is 2.03. The number of rotatable bonds is 4. The molecule has 0 aliphatic heterocycles. The Balaban J connectivity index is 2.03. The molecule has 0 fully saturated rings. The summed E-state index contributed by atoms with van der Waals surface area (Å²) in [7, 11) is 1.57. The second kappa shape index (κ2) is 5.69. The van der Waals surface area contributed by atoms with Gasteiger partial charge in [0, 0.05) is 6.54 Å². The number of aryl methyl sites for hydroxylation is 2. The monoisotopic (exact) mass is 274 g/mol. The Labute approximate surface area is 117 Å². The standard InChI is InChI=1S/C15H18N2O3/c1-9-6-12(10(2)20-9)15(18)17-8-11-4-5-14(19-3)13(16)7-11/h4-7H,8,16H2,1-3H3,(H,17,18). The average Bonchev–Trinajstić information content (AvgIpc) is 2.75. The van der Waals surface area contributed by atoms with Gasteiger partial charge in [0.1, 0.15) is 17.3 Å². The van der Waals surface area contributed by atoms with Gasteiger partial charge in [0.2, 0.25) is 0 Å². The van der Waals surface area contributed by atoms with Crippen LogP contribution in [-0.4, -0.2) is 13.0 Å². The van der Waals surface area contributed by atoms with Gasteiger partial charge in [-0.25, -0.2) is 0 Å². The molecule has 5 nitrogen and oxygen atoms in total. The third kappa shape index (κ3) is 2.93. The van der Waals surface area contributed by atoms with Crippen molar-refractivity contribution < 1.29 is 13.9 Å². The summed E-state index contributed by atoms with van der Waals surface area (Å²) in [4.78, 5) is 12.0. The smallest absolute Gasteiger partial charge is 0.255 e. The highest BCUT2D eigenvalue weighted by atomic mass is 16.5. The molecule has 0 spiro atoms. The molecule has 0 saturated heterocycles. The van der Waals surface area contributed by atoms with Gasteiger partial charge in [0.15, 0.2) is 0 Å². The molecule has 1 amide bonds. The van der Waals surface area contributed by atoms with E-state index in [1.54, 1.807) is 32.2 Å². The molecular formula is C15H18N2O3. The normalized spacial score (nSPS) is 10.3. The van der Waals surface area contributed by atoms with Crippen LogP contribution in [0.4, 0.5) is 5.69 Å². The van der Waals surface area contributed by atoms with Crippen LogP contribution in [0.15, 0.2) is 28.7 Å². The molecule has 3 N–H and O–H groups in total. The van der Waals surface area contributed by atoms with E-state index in [9.17, 15) is 4.79 Å². The lowest BCUT2D eigenvalue weighted by molar-refractivity contribution is 0.0949. The third-order valence-corrected chi connectivity index (χ3v) is 3.03. The number of furan rings is 1. The first kappa shape index (κ1) is 14.0. The molecule has 1 aromatic carbocycles. The van der Waals surface area contributed by atoms with E-state index in [-0.39, 0.29) is 5.91 Å². The number of carbonyl (C=O) groups excluding carboxylic acids is 1. The van der Waals surface area contributed by atoms with Gasteiger partial charge in [-0.15, -0.1) is 0 Å². The van der Waals surface area contributed by atoms with E-state index < -0.39 is 0 Å². The minimum atomic E-state index is -0.159. The number of nitrogens with two attached hydrogens (primary N) is 1. The Morgan fingerprint density at radius 2 is 2.10 bits per heavy atom. The number of anilines is 1. The summed E-state index contributed by atoms with van der Waals surface area (Å²) in [6.07, 6.45) is 0. The number of nitrogens with one attached hydrogen (secondary N) is 1. The highest BCUT2D eigenvalue weighted by molar-refractivity contribution is 5.95. The number of carbonyl (C=O) groups is 1. The molecule has 20 heavy (non-hydrogen) atoms. The number of nitrogen functional groups attached to an aromatic ring is 1. The Hall–Kier alpha value is -2.43. The number of amides is 1. The minimum Gasteiger partial charge on any atom is -0.495 e. The summed E-state index contributed by atoms with van der Waals surface area (Å²) in [5.41, 5.74) is 7.85. The molecule has 1 heterocycles. The van der Waals surface area contributed by atoms with Crippen LogP contribution in [0.2, 0.25) is 0 Å². The van der Waals surface area contributed by atoms with Crippen molar-refractivity contribution in [3.05, 3.63) is 46.9 Å². The first-order chi connectivity index (χ1) is 9.51. The first-order valence-corrected chi connectivity index (χ1v) is 6.29. The second-order valence-electron chi connectivity index (χ2n) is 4.59. The molecule has 1 aromatic heterocycles. The predicted molar refractivity (Wildman–Crippen MR) is 76.8 cm³/mol. The van der Waals surface area contributed by atoms with E-state index in [0.29, 0.717) is 29.3 Å². The highest BCUT2D eigenvalue weighted by Gasteiger charge is 2.13. The van der Waals surface area contributed by atoms with E-state index in [0.717, 1.165) is 11.3 Å². The van der Waals surface area contributed by atoms with Crippen molar-refractivity contribution in [1.82, 2.24) is 5.32 Å². The lowest BCUT2D eigenvalue weighted by Crippen LogP contribution is -2.23. The van der Waals surface area contributed by atoms with Crippen LogP contribution in [0, 0.1) is 13.8 Å². The van der Waals surface area contributed by atoms with Gasteiger partial charge in [-0.2, -0.15) is 0 Å². The van der Waals surface area contributed by atoms with Crippen LogP contribution in [0.5, 0.6) is 5.75 Å². The van der Waals surface area contributed by atoms with Crippen LogP contribution >= 0.6 is 0 Å².